The topological polar surface area (TPSA) is 42.0 Å². The summed E-state index contributed by atoms with van der Waals surface area (Å²) in [6.07, 6.45) is 1.06. The van der Waals surface area contributed by atoms with Gasteiger partial charge >= 0.3 is 0 Å². The van der Waals surface area contributed by atoms with Gasteiger partial charge in [-0.15, -0.1) is 0 Å². The molecule has 3 nitrogen and oxygen atoms in total. The quantitative estimate of drug-likeness (QED) is 0.749. The second-order valence-corrected chi connectivity index (χ2v) is 5.44. The predicted molar refractivity (Wildman–Crippen MR) is 83.8 cm³/mol. The number of amides is 1. The molecule has 1 N–H and O–H groups in total. The summed E-state index contributed by atoms with van der Waals surface area (Å²) in [6.45, 7) is 0. The van der Waals surface area contributed by atoms with E-state index in [2.05, 4.69) is 26.2 Å². The lowest BCUT2D eigenvalue weighted by molar-refractivity contribution is 0.102. The highest BCUT2D eigenvalue weighted by molar-refractivity contribution is 9.10. The van der Waals surface area contributed by atoms with Crippen LogP contribution in [0, 0.1) is 5.82 Å². The summed E-state index contributed by atoms with van der Waals surface area (Å²) in [4.78, 5) is 16.0. The van der Waals surface area contributed by atoms with E-state index in [-0.39, 0.29) is 5.91 Å². The Hall–Kier alpha value is -2.27. The maximum atomic E-state index is 12.8. The Balaban J connectivity index is 1.87. The van der Waals surface area contributed by atoms with Gasteiger partial charge in [-0.05, 0) is 47.2 Å². The maximum Gasteiger partial charge on any atom is 0.256 e. The van der Waals surface area contributed by atoms with Crippen molar-refractivity contribution in [2.24, 2.45) is 0 Å². The monoisotopic (exact) mass is 344 g/mol. The summed E-state index contributed by atoms with van der Waals surface area (Å²) in [5.41, 5.74) is 0.524. The number of nitrogens with one attached hydrogen (secondary N) is 1. The fourth-order valence-corrected chi connectivity index (χ4v) is 2.37. The Bertz CT molecular complexity index is 818. The molecule has 0 aliphatic heterocycles. The summed E-state index contributed by atoms with van der Waals surface area (Å²) < 4.78 is 13.8. The number of carbonyl (C=O) groups excluding carboxylic acids is 1. The molecule has 0 saturated heterocycles. The van der Waals surface area contributed by atoms with Crippen molar-refractivity contribution in [3.8, 4) is 0 Å². The highest BCUT2D eigenvalue weighted by atomic mass is 79.9. The number of benzene rings is 2. The van der Waals surface area contributed by atoms with Crippen LogP contribution in [-0.2, 0) is 0 Å². The molecule has 104 valence electrons. The highest BCUT2D eigenvalue weighted by Gasteiger charge is 2.08. The van der Waals surface area contributed by atoms with Crippen LogP contribution in [0.25, 0.3) is 10.8 Å². The SMILES string of the molecule is O=C(Nc1ccc(F)cn1)c1ccc2cc(Br)ccc2c1. The van der Waals surface area contributed by atoms with E-state index >= 15 is 0 Å². The average Bonchev–Trinajstić information content (AvgIpc) is 2.49. The molecule has 2 aromatic carbocycles. The number of nitrogens with zero attached hydrogens (tertiary/aromatic N) is 1. The molecular formula is C16H10BrFN2O. The number of carbonyl (C=O) groups is 1. The van der Waals surface area contributed by atoms with Gasteiger partial charge in [-0.25, -0.2) is 9.37 Å². The molecule has 1 amide bonds. The molecule has 0 spiro atoms. The molecule has 0 aliphatic rings. The van der Waals surface area contributed by atoms with Crippen molar-refractivity contribution in [1.82, 2.24) is 4.98 Å². The molecule has 0 fully saturated rings. The Morgan fingerprint density at radius 2 is 1.81 bits per heavy atom. The Morgan fingerprint density at radius 1 is 1.05 bits per heavy atom. The van der Waals surface area contributed by atoms with Crippen LogP contribution >= 0.6 is 15.9 Å². The van der Waals surface area contributed by atoms with E-state index in [1.165, 1.54) is 12.1 Å². The number of pyridine rings is 1. The van der Waals surface area contributed by atoms with Crippen LogP contribution in [0.15, 0.2) is 59.2 Å². The first-order chi connectivity index (χ1) is 10.1. The smallest absolute Gasteiger partial charge is 0.256 e. The second-order valence-electron chi connectivity index (χ2n) is 4.52. The van der Waals surface area contributed by atoms with Crippen LogP contribution in [0.4, 0.5) is 10.2 Å². The van der Waals surface area contributed by atoms with Crippen molar-refractivity contribution < 1.29 is 9.18 Å². The van der Waals surface area contributed by atoms with E-state index in [1.807, 2.05) is 24.3 Å². The van der Waals surface area contributed by atoms with E-state index < -0.39 is 5.82 Å². The predicted octanol–water partition coefficient (Wildman–Crippen LogP) is 4.39. The molecule has 0 radical (unpaired) electrons. The summed E-state index contributed by atoms with van der Waals surface area (Å²) in [5, 5.41) is 4.65. The summed E-state index contributed by atoms with van der Waals surface area (Å²) in [5.74, 6) is -0.402. The zero-order valence-electron chi connectivity index (χ0n) is 10.8. The summed E-state index contributed by atoms with van der Waals surface area (Å²) in [6, 6.07) is 13.9. The molecule has 5 heteroatoms. The lowest BCUT2D eigenvalue weighted by Gasteiger charge is -2.06. The van der Waals surface area contributed by atoms with Crippen LogP contribution in [0.5, 0.6) is 0 Å². The number of rotatable bonds is 2. The van der Waals surface area contributed by atoms with E-state index in [0.29, 0.717) is 11.4 Å². The zero-order valence-corrected chi connectivity index (χ0v) is 12.4. The number of hydrogen-bond donors (Lipinski definition) is 1. The average molecular weight is 345 g/mol. The fraction of sp³-hybridized carbons (Fsp3) is 0. The number of fused-ring (bicyclic) bond motifs is 1. The van der Waals surface area contributed by atoms with E-state index in [0.717, 1.165) is 21.4 Å². The van der Waals surface area contributed by atoms with E-state index in [9.17, 15) is 9.18 Å². The minimum atomic E-state index is -0.440. The summed E-state index contributed by atoms with van der Waals surface area (Å²) in [7, 11) is 0. The molecule has 0 saturated carbocycles. The van der Waals surface area contributed by atoms with Crippen molar-refractivity contribution in [3.05, 3.63) is 70.6 Å². The molecule has 0 atom stereocenters. The number of aromatic nitrogens is 1. The van der Waals surface area contributed by atoms with Crippen molar-refractivity contribution in [1.29, 1.82) is 0 Å². The third kappa shape index (κ3) is 3.08. The minimum absolute atomic E-state index is 0.279. The van der Waals surface area contributed by atoms with Gasteiger partial charge in [0.2, 0.25) is 0 Å². The van der Waals surface area contributed by atoms with Crippen molar-refractivity contribution in [2.75, 3.05) is 5.32 Å². The van der Waals surface area contributed by atoms with Gasteiger partial charge in [0.1, 0.15) is 11.6 Å². The molecule has 1 aromatic heterocycles. The van der Waals surface area contributed by atoms with Gasteiger partial charge in [-0.1, -0.05) is 28.1 Å². The summed E-state index contributed by atoms with van der Waals surface area (Å²) >= 11 is 3.41. The lowest BCUT2D eigenvalue weighted by atomic mass is 10.1. The molecule has 0 aliphatic carbocycles. The second kappa shape index (κ2) is 5.61. The molecule has 3 rings (SSSR count). The molecule has 0 bridgehead atoms. The minimum Gasteiger partial charge on any atom is -0.307 e. The number of anilines is 1. The molecule has 0 unspecified atom stereocenters. The maximum absolute atomic E-state index is 12.8. The van der Waals surface area contributed by atoms with Gasteiger partial charge in [-0.3, -0.25) is 4.79 Å². The number of hydrogen-bond acceptors (Lipinski definition) is 2. The number of halogens is 2. The lowest BCUT2D eigenvalue weighted by Crippen LogP contribution is -2.12. The first-order valence-corrected chi connectivity index (χ1v) is 7.03. The van der Waals surface area contributed by atoms with Crippen LogP contribution in [-0.4, -0.2) is 10.9 Å². The third-order valence-corrected chi connectivity index (χ3v) is 3.53. The van der Waals surface area contributed by atoms with Crippen LogP contribution < -0.4 is 5.32 Å². The molecule has 3 aromatic rings. The first-order valence-electron chi connectivity index (χ1n) is 6.24. The molecule has 1 heterocycles. The standard InChI is InChI=1S/C16H10BrFN2O/c17-13-4-3-10-7-12(2-1-11(10)8-13)16(21)20-15-6-5-14(18)9-19-15/h1-9H,(H,19,20,21). The largest absolute Gasteiger partial charge is 0.307 e. The van der Waals surface area contributed by atoms with E-state index in [4.69, 9.17) is 0 Å². The normalized spacial score (nSPS) is 10.6. The Morgan fingerprint density at radius 3 is 2.57 bits per heavy atom. The molecular weight excluding hydrogens is 335 g/mol. The van der Waals surface area contributed by atoms with Crippen molar-refractivity contribution >= 4 is 38.4 Å². The highest BCUT2D eigenvalue weighted by Crippen LogP contribution is 2.21. The van der Waals surface area contributed by atoms with Crippen molar-refractivity contribution in [2.45, 2.75) is 0 Å². The van der Waals surface area contributed by atoms with Gasteiger partial charge in [-0.2, -0.15) is 0 Å². The Kier molecular flexibility index (Phi) is 3.66. The van der Waals surface area contributed by atoms with Gasteiger partial charge in [0.15, 0.2) is 0 Å². The van der Waals surface area contributed by atoms with Crippen LogP contribution in [0.2, 0.25) is 0 Å². The fourth-order valence-electron chi connectivity index (χ4n) is 2.00. The van der Waals surface area contributed by atoms with Gasteiger partial charge in [0.25, 0.3) is 5.91 Å². The van der Waals surface area contributed by atoms with Crippen LogP contribution in [0.1, 0.15) is 10.4 Å². The van der Waals surface area contributed by atoms with Gasteiger partial charge in [0, 0.05) is 10.0 Å². The molecule has 21 heavy (non-hydrogen) atoms. The van der Waals surface area contributed by atoms with E-state index in [1.54, 1.807) is 12.1 Å². The van der Waals surface area contributed by atoms with Crippen LogP contribution in [0.3, 0.4) is 0 Å². The third-order valence-electron chi connectivity index (χ3n) is 3.03. The first kappa shape index (κ1) is 13.7. The Labute approximate surface area is 128 Å². The van der Waals surface area contributed by atoms with Gasteiger partial charge in [0.05, 0.1) is 6.20 Å². The zero-order chi connectivity index (χ0) is 14.8. The van der Waals surface area contributed by atoms with Gasteiger partial charge < -0.3 is 5.32 Å². The van der Waals surface area contributed by atoms with Crippen molar-refractivity contribution in [3.63, 3.8) is 0 Å².